The van der Waals surface area contributed by atoms with Crippen molar-refractivity contribution in [2.24, 2.45) is 4.99 Å². The van der Waals surface area contributed by atoms with Gasteiger partial charge in [-0.15, -0.1) is 0 Å². The molecule has 3 aromatic carbocycles. The minimum absolute atomic E-state index is 0.343. The van der Waals surface area contributed by atoms with Crippen LogP contribution in [0.15, 0.2) is 83.9 Å². The molecular weight excluding hydrogens is 483 g/mol. The van der Waals surface area contributed by atoms with Crippen molar-refractivity contribution in [2.75, 3.05) is 34.4 Å². The Morgan fingerprint density at radius 1 is 0.838 bits per heavy atom. The Kier molecular flexibility index (Phi) is 10.8. The van der Waals surface area contributed by atoms with E-state index in [0.29, 0.717) is 17.7 Å². The number of rotatable bonds is 11. The summed E-state index contributed by atoms with van der Waals surface area (Å²) in [5.74, 6) is 0.181. The maximum Gasteiger partial charge on any atom is 0.338 e. The maximum atomic E-state index is 12.9. The van der Waals surface area contributed by atoms with Gasteiger partial charge in [-0.05, 0) is 62.9 Å². The first-order chi connectivity index (χ1) is 17.9. The van der Waals surface area contributed by atoms with E-state index in [-0.39, 0.29) is 0 Å². The third kappa shape index (κ3) is 7.99. The van der Waals surface area contributed by atoms with E-state index >= 15 is 0 Å². The van der Waals surface area contributed by atoms with Gasteiger partial charge < -0.3 is 14.4 Å². The molecule has 0 fully saturated rings. The Morgan fingerprint density at radius 2 is 1.46 bits per heavy atom. The van der Waals surface area contributed by atoms with Gasteiger partial charge in [0.25, 0.3) is 0 Å². The van der Waals surface area contributed by atoms with Gasteiger partial charge in [0.05, 0.1) is 30.7 Å². The Labute approximate surface area is 221 Å². The molecule has 0 aliphatic heterocycles. The highest BCUT2D eigenvalue weighted by Gasteiger charge is 2.25. The van der Waals surface area contributed by atoms with E-state index in [2.05, 4.69) is 29.3 Å². The highest BCUT2D eigenvalue weighted by Crippen LogP contribution is 2.34. The number of carbonyl (C=O) groups is 2. The second kappa shape index (κ2) is 14.3. The van der Waals surface area contributed by atoms with Crippen LogP contribution in [0.25, 0.3) is 0 Å². The zero-order valence-corrected chi connectivity index (χ0v) is 22.9. The molecule has 194 valence electrons. The molecule has 37 heavy (non-hydrogen) atoms. The van der Waals surface area contributed by atoms with E-state index in [4.69, 9.17) is 9.47 Å². The summed E-state index contributed by atoms with van der Waals surface area (Å²) in [5, 5.41) is 2.92. The van der Waals surface area contributed by atoms with Crippen LogP contribution in [-0.2, 0) is 9.47 Å². The molecule has 0 amide bonds. The van der Waals surface area contributed by atoms with Crippen molar-refractivity contribution in [2.45, 2.75) is 26.2 Å². The molecule has 6 nitrogen and oxygen atoms in total. The fraction of sp³-hybridized carbons (Fsp3) is 0.300. The molecular formula is C30H35N2O4P. The van der Waals surface area contributed by atoms with E-state index in [1.807, 2.05) is 62.3 Å². The fourth-order valence-corrected chi connectivity index (χ4v) is 6.20. The van der Waals surface area contributed by atoms with Gasteiger partial charge in [0.2, 0.25) is 0 Å². The van der Waals surface area contributed by atoms with Crippen molar-refractivity contribution in [3.63, 3.8) is 0 Å². The number of benzene rings is 3. The van der Waals surface area contributed by atoms with Gasteiger partial charge in [-0.3, -0.25) is 4.99 Å². The SMILES string of the molecule is COC(=O)c1ccc(C(=O)OCCCCCN=C(C)N(C)C)cc1P(c1ccccc1)c1ccccc1. The summed E-state index contributed by atoms with van der Waals surface area (Å²) in [6.07, 6.45) is 2.65. The minimum Gasteiger partial charge on any atom is -0.465 e. The van der Waals surface area contributed by atoms with Crippen LogP contribution in [0.5, 0.6) is 0 Å². The van der Waals surface area contributed by atoms with Crippen LogP contribution in [-0.4, -0.2) is 57.0 Å². The van der Waals surface area contributed by atoms with Crippen LogP contribution >= 0.6 is 7.92 Å². The van der Waals surface area contributed by atoms with Crippen LogP contribution < -0.4 is 15.9 Å². The van der Waals surface area contributed by atoms with Crippen molar-refractivity contribution in [3.05, 3.63) is 90.0 Å². The summed E-state index contributed by atoms with van der Waals surface area (Å²) in [7, 11) is 4.22. The average molecular weight is 519 g/mol. The topological polar surface area (TPSA) is 68.2 Å². The normalized spacial score (nSPS) is 11.3. The van der Waals surface area contributed by atoms with Crippen molar-refractivity contribution in [1.82, 2.24) is 4.90 Å². The molecule has 0 atom stereocenters. The Balaban J connectivity index is 1.79. The summed E-state index contributed by atoms with van der Waals surface area (Å²) in [6.45, 7) is 3.09. The summed E-state index contributed by atoms with van der Waals surface area (Å²) in [4.78, 5) is 32.2. The fourth-order valence-electron chi connectivity index (χ4n) is 3.73. The number of esters is 2. The van der Waals surface area contributed by atoms with E-state index in [0.717, 1.165) is 47.6 Å². The van der Waals surface area contributed by atoms with Gasteiger partial charge in [0, 0.05) is 25.9 Å². The molecule has 0 N–H and O–H groups in total. The molecule has 0 heterocycles. The van der Waals surface area contributed by atoms with Gasteiger partial charge in [0.15, 0.2) is 0 Å². The smallest absolute Gasteiger partial charge is 0.338 e. The summed E-state index contributed by atoms with van der Waals surface area (Å²) < 4.78 is 10.7. The lowest BCUT2D eigenvalue weighted by molar-refractivity contribution is 0.0496. The quantitative estimate of drug-likeness (QED) is 0.123. The van der Waals surface area contributed by atoms with Crippen molar-refractivity contribution in [3.8, 4) is 0 Å². The van der Waals surface area contributed by atoms with Crippen LogP contribution in [0.1, 0.15) is 46.9 Å². The summed E-state index contributed by atoms with van der Waals surface area (Å²) >= 11 is 0. The number of methoxy groups -OCH3 is 1. The third-order valence-electron chi connectivity index (χ3n) is 5.93. The van der Waals surface area contributed by atoms with E-state index in [9.17, 15) is 9.59 Å². The van der Waals surface area contributed by atoms with E-state index < -0.39 is 19.9 Å². The molecule has 0 aliphatic rings. The van der Waals surface area contributed by atoms with Crippen molar-refractivity contribution < 1.29 is 19.1 Å². The molecule has 0 spiro atoms. The second-order valence-electron chi connectivity index (χ2n) is 8.75. The Hall–Kier alpha value is -3.50. The van der Waals surface area contributed by atoms with Gasteiger partial charge >= 0.3 is 11.9 Å². The van der Waals surface area contributed by atoms with Crippen LogP contribution in [0.2, 0.25) is 0 Å². The number of hydrogen-bond acceptors (Lipinski definition) is 5. The number of ether oxygens (including phenoxy) is 2. The van der Waals surface area contributed by atoms with Gasteiger partial charge in [0.1, 0.15) is 0 Å². The first-order valence-electron chi connectivity index (χ1n) is 12.4. The lowest BCUT2D eigenvalue weighted by Crippen LogP contribution is -2.26. The molecule has 0 unspecified atom stereocenters. The highest BCUT2D eigenvalue weighted by molar-refractivity contribution is 7.80. The standard InChI is InChI=1S/C30H35N2O4P/c1-23(32(2)3)31-20-12-7-13-21-36-29(33)24-18-19-27(30(34)35-4)28(22-24)37(25-14-8-5-9-15-25)26-16-10-6-11-17-26/h5-6,8-11,14-19,22H,7,12-13,20-21H2,1-4H3. The Bertz CT molecular complexity index is 1160. The minimum atomic E-state index is -1.10. The zero-order chi connectivity index (χ0) is 26.6. The van der Waals surface area contributed by atoms with Crippen molar-refractivity contribution in [1.29, 1.82) is 0 Å². The molecule has 3 rings (SSSR count). The van der Waals surface area contributed by atoms with Crippen LogP contribution in [0.4, 0.5) is 0 Å². The highest BCUT2D eigenvalue weighted by atomic mass is 31.1. The molecule has 0 aromatic heterocycles. The molecule has 0 radical (unpaired) electrons. The van der Waals surface area contributed by atoms with Crippen molar-refractivity contribution >= 4 is 41.6 Å². The second-order valence-corrected chi connectivity index (χ2v) is 10.9. The first-order valence-corrected chi connectivity index (χ1v) is 13.7. The monoisotopic (exact) mass is 518 g/mol. The summed E-state index contributed by atoms with van der Waals surface area (Å²) in [6, 6.07) is 25.2. The van der Waals surface area contributed by atoms with Gasteiger partial charge in [-0.1, -0.05) is 60.7 Å². The number of carbonyl (C=O) groups excluding carboxylic acids is 2. The molecule has 0 saturated carbocycles. The summed E-state index contributed by atoms with van der Waals surface area (Å²) in [5.41, 5.74) is 0.875. The molecule has 3 aromatic rings. The maximum absolute atomic E-state index is 12.9. The Morgan fingerprint density at radius 3 is 2.03 bits per heavy atom. The lowest BCUT2D eigenvalue weighted by atomic mass is 10.1. The predicted octanol–water partition coefficient (Wildman–Crippen LogP) is 4.54. The number of amidine groups is 1. The third-order valence-corrected chi connectivity index (χ3v) is 8.41. The number of hydrogen-bond donors (Lipinski definition) is 0. The molecule has 0 bridgehead atoms. The molecule has 0 saturated heterocycles. The average Bonchev–Trinajstić information content (AvgIpc) is 2.93. The van der Waals surface area contributed by atoms with Crippen LogP contribution in [0, 0.1) is 0 Å². The van der Waals surface area contributed by atoms with Gasteiger partial charge in [-0.2, -0.15) is 0 Å². The zero-order valence-electron chi connectivity index (χ0n) is 22.0. The first kappa shape index (κ1) is 28.1. The largest absolute Gasteiger partial charge is 0.465 e. The number of unbranched alkanes of at least 4 members (excludes halogenated alkanes) is 2. The van der Waals surface area contributed by atoms with E-state index in [1.165, 1.54) is 7.11 Å². The molecule has 0 aliphatic carbocycles. The number of aliphatic imine (C=N–C) groups is 1. The predicted molar refractivity (Wildman–Crippen MR) is 152 cm³/mol. The van der Waals surface area contributed by atoms with Gasteiger partial charge in [-0.25, -0.2) is 9.59 Å². The van der Waals surface area contributed by atoms with E-state index in [1.54, 1.807) is 18.2 Å². The van der Waals surface area contributed by atoms with Crippen LogP contribution in [0.3, 0.4) is 0 Å². The lowest BCUT2D eigenvalue weighted by Gasteiger charge is -2.22. The molecule has 7 heteroatoms. The number of nitrogens with zero attached hydrogens (tertiary/aromatic N) is 2.